The number of aromatic nitrogens is 6. The minimum Gasteiger partial charge on any atom is -0.396 e. The number of hydrogen-bond acceptors (Lipinski definition) is 14. The van der Waals surface area contributed by atoms with E-state index >= 15 is 0 Å². The van der Waals surface area contributed by atoms with Gasteiger partial charge in [0.1, 0.15) is 23.3 Å². The molecule has 5 aliphatic rings. The van der Waals surface area contributed by atoms with Crippen molar-refractivity contribution < 1.29 is 46.0 Å². The molecule has 64 heavy (non-hydrogen) atoms. The van der Waals surface area contributed by atoms with Gasteiger partial charge >= 0.3 is 12.4 Å². The van der Waals surface area contributed by atoms with Crippen molar-refractivity contribution >= 4 is 35.2 Å². The highest BCUT2D eigenvalue weighted by molar-refractivity contribution is 5.57. The molecule has 0 radical (unpaired) electrons. The summed E-state index contributed by atoms with van der Waals surface area (Å²) in [6, 6.07) is 7.83. The number of nitrogens with one attached hydrogen (secondary N) is 2. The zero-order valence-corrected chi connectivity index (χ0v) is 35.4. The van der Waals surface area contributed by atoms with Gasteiger partial charge in [-0.05, 0) is 88.0 Å². The Kier molecular flexibility index (Phi) is 14.3. The maximum absolute atomic E-state index is 13.1. The second-order valence-electron chi connectivity index (χ2n) is 17.3. The SMILES string of the molecule is FC(F)(F)c1ccnc(Nc2cc(C3CCOCC3)nc(N3C4CCC3COC4)n2)c1.OCCC1CCCCC2CCC(O)CN(C2)c2nc(Nc3cc(C(F)(F)F)ccn3)cc1n2. The highest BCUT2D eigenvalue weighted by Crippen LogP contribution is 2.37. The molecule has 6 bridgehead atoms. The van der Waals surface area contributed by atoms with Crippen LogP contribution in [0.25, 0.3) is 0 Å². The van der Waals surface area contributed by atoms with Crippen LogP contribution in [0.15, 0.2) is 48.8 Å². The fourth-order valence-corrected chi connectivity index (χ4v) is 9.34. The molecule has 5 aliphatic heterocycles. The van der Waals surface area contributed by atoms with Gasteiger partial charge in [-0.15, -0.1) is 0 Å². The lowest BCUT2D eigenvalue weighted by atomic mass is 9.91. The first-order chi connectivity index (χ1) is 30.8. The third-order valence-corrected chi connectivity index (χ3v) is 12.7. The van der Waals surface area contributed by atoms with Gasteiger partial charge in [-0.1, -0.05) is 12.8 Å². The van der Waals surface area contributed by atoms with Gasteiger partial charge in [0.25, 0.3) is 0 Å². The number of fused-ring (bicyclic) bond motifs is 7. The normalized spacial score (nSPS) is 24.2. The molecule has 0 saturated carbocycles. The maximum atomic E-state index is 13.1. The van der Waals surface area contributed by atoms with E-state index in [0.717, 1.165) is 119 Å². The second-order valence-corrected chi connectivity index (χ2v) is 17.3. The van der Waals surface area contributed by atoms with Gasteiger partial charge in [-0.2, -0.15) is 36.3 Å². The minimum absolute atomic E-state index is 0.0121. The number of halogens is 6. The molecule has 4 aromatic heterocycles. The van der Waals surface area contributed by atoms with Crippen LogP contribution in [-0.4, -0.2) is 104 Å². The van der Waals surface area contributed by atoms with Crippen LogP contribution >= 0.6 is 0 Å². The molecule has 20 heteroatoms. The second kappa shape index (κ2) is 20.1. The van der Waals surface area contributed by atoms with Crippen LogP contribution in [0.4, 0.5) is 61.5 Å². The van der Waals surface area contributed by atoms with Crippen molar-refractivity contribution in [3.63, 3.8) is 0 Å². The van der Waals surface area contributed by atoms with Crippen LogP contribution in [0.1, 0.15) is 105 Å². The van der Waals surface area contributed by atoms with E-state index in [2.05, 4.69) is 35.5 Å². The number of morpholine rings is 1. The lowest BCUT2D eigenvalue weighted by Gasteiger charge is -2.35. The molecule has 4 N–H and O–H groups in total. The van der Waals surface area contributed by atoms with Gasteiger partial charge in [0.05, 0.1) is 53.9 Å². The smallest absolute Gasteiger partial charge is 0.396 e. The molecule has 5 atom stereocenters. The zero-order chi connectivity index (χ0) is 44.8. The predicted octanol–water partition coefficient (Wildman–Crippen LogP) is 8.15. The van der Waals surface area contributed by atoms with Crippen molar-refractivity contribution in [2.24, 2.45) is 5.92 Å². The Balaban J connectivity index is 0.000000175. The number of hydrogen-bond donors (Lipinski definition) is 4. The van der Waals surface area contributed by atoms with Gasteiger partial charge in [0, 0.05) is 69.3 Å². The van der Waals surface area contributed by atoms with Crippen LogP contribution in [0.3, 0.4) is 0 Å². The Hall–Kier alpha value is -4.92. The largest absolute Gasteiger partial charge is 0.416 e. The molecule has 0 aromatic carbocycles. The Labute approximate surface area is 367 Å². The molecular weight excluding hydrogens is 847 g/mol. The number of aliphatic hydroxyl groups is 2. The van der Waals surface area contributed by atoms with Gasteiger partial charge in [0.2, 0.25) is 11.9 Å². The number of anilines is 6. The first-order valence-electron chi connectivity index (χ1n) is 22.1. The minimum atomic E-state index is -4.47. The standard InChI is InChI=1S/C23H30F3N5O2.C21H24F3N5O2/c24-23(25,26)17-7-9-27-20(11-17)29-21-12-19-16(8-10-32)4-2-1-3-15-5-6-18(33)14-31(13-15)22(28-19)30-21;22-21(23,24)14-3-6-25-18(9-14)27-19-10-17(13-4-7-30-8-5-13)26-20(28-19)29-15-1-2-16(29)12-31-11-15/h7,9,11-12,15-16,18,32-33H,1-6,8,10,13-14H2,(H,27,28,29,30);3,6,9-10,13,15-16H,1-2,4-5,7-8,11-12H2,(H,25,26,27,28). The maximum Gasteiger partial charge on any atom is 0.416 e. The summed E-state index contributed by atoms with van der Waals surface area (Å²) in [5.41, 5.74) is 0.0709. The van der Waals surface area contributed by atoms with E-state index in [0.29, 0.717) is 68.8 Å². The summed E-state index contributed by atoms with van der Waals surface area (Å²) in [6.45, 7) is 3.78. The van der Waals surface area contributed by atoms with Crippen molar-refractivity contribution in [3.05, 3.63) is 71.3 Å². The third kappa shape index (κ3) is 11.5. The predicted molar refractivity (Wildman–Crippen MR) is 226 cm³/mol. The van der Waals surface area contributed by atoms with Crippen LogP contribution < -0.4 is 20.4 Å². The summed E-state index contributed by atoms with van der Waals surface area (Å²) in [6.07, 6.45) is 2.83. The summed E-state index contributed by atoms with van der Waals surface area (Å²) >= 11 is 0. The monoisotopic (exact) mass is 900 g/mol. The molecular formula is C44H54F6N10O4. The lowest BCUT2D eigenvalue weighted by Crippen LogP contribution is -2.47. The molecule has 9 rings (SSSR count). The first kappa shape index (κ1) is 45.6. The lowest BCUT2D eigenvalue weighted by molar-refractivity contribution is -0.138. The molecule has 0 aliphatic carbocycles. The molecule has 4 aromatic rings. The number of rotatable bonds is 8. The van der Waals surface area contributed by atoms with Gasteiger partial charge in [-0.3, -0.25) is 0 Å². The summed E-state index contributed by atoms with van der Waals surface area (Å²) in [4.78, 5) is 31.2. The van der Waals surface area contributed by atoms with Crippen molar-refractivity contribution in [2.75, 3.05) is 66.6 Å². The molecule has 14 nitrogen and oxygen atoms in total. The Morgan fingerprint density at radius 3 is 1.86 bits per heavy atom. The number of nitrogens with zero attached hydrogens (tertiary/aromatic N) is 8. The van der Waals surface area contributed by atoms with Crippen molar-refractivity contribution in [1.82, 2.24) is 29.9 Å². The molecule has 5 unspecified atom stereocenters. The summed E-state index contributed by atoms with van der Waals surface area (Å²) in [5, 5.41) is 25.9. The van der Waals surface area contributed by atoms with Crippen LogP contribution in [0, 0.1) is 5.92 Å². The van der Waals surface area contributed by atoms with Gasteiger partial charge in [-0.25, -0.2) is 19.9 Å². The van der Waals surface area contributed by atoms with E-state index < -0.39 is 29.6 Å². The van der Waals surface area contributed by atoms with Gasteiger partial charge < -0.3 is 40.1 Å². The molecule has 0 amide bonds. The number of ether oxygens (including phenoxy) is 2. The Morgan fingerprint density at radius 2 is 1.23 bits per heavy atom. The summed E-state index contributed by atoms with van der Waals surface area (Å²) in [7, 11) is 0. The van der Waals surface area contributed by atoms with E-state index in [1.165, 1.54) is 0 Å². The third-order valence-electron chi connectivity index (χ3n) is 12.7. The summed E-state index contributed by atoms with van der Waals surface area (Å²) < 4.78 is 89.9. The molecule has 0 spiro atoms. The van der Waals surface area contributed by atoms with Gasteiger partial charge in [0.15, 0.2) is 0 Å². The van der Waals surface area contributed by atoms with Crippen molar-refractivity contribution in [2.45, 2.75) is 113 Å². The topological polar surface area (TPSA) is 167 Å². The average Bonchev–Trinajstić information content (AvgIpc) is 3.39. The van der Waals surface area contributed by atoms with Crippen LogP contribution in [0.5, 0.6) is 0 Å². The van der Waals surface area contributed by atoms with E-state index in [1.54, 1.807) is 6.07 Å². The first-order valence-corrected chi connectivity index (χ1v) is 22.1. The highest BCUT2D eigenvalue weighted by atomic mass is 19.4. The summed E-state index contributed by atoms with van der Waals surface area (Å²) in [5.74, 6) is 2.64. The molecule has 9 heterocycles. The van der Waals surface area contributed by atoms with E-state index in [-0.39, 0.29) is 42.2 Å². The van der Waals surface area contributed by atoms with Crippen molar-refractivity contribution in [3.8, 4) is 0 Å². The van der Waals surface area contributed by atoms with Crippen molar-refractivity contribution in [1.29, 1.82) is 0 Å². The molecule has 346 valence electrons. The van der Waals surface area contributed by atoms with E-state index in [1.807, 2.05) is 11.0 Å². The quantitative estimate of drug-likeness (QED) is 0.125. The highest BCUT2D eigenvalue weighted by Gasteiger charge is 2.40. The zero-order valence-electron chi connectivity index (χ0n) is 35.4. The Morgan fingerprint density at radius 1 is 0.641 bits per heavy atom. The average molecular weight is 901 g/mol. The number of pyridine rings is 2. The van der Waals surface area contributed by atoms with Crippen LogP contribution in [0.2, 0.25) is 0 Å². The number of alkyl halides is 6. The molecule has 4 saturated heterocycles. The Bertz CT molecular complexity index is 2160. The molecule has 4 fully saturated rings. The van der Waals surface area contributed by atoms with E-state index in [4.69, 9.17) is 19.4 Å². The fourth-order valence-electron chi connectivity index (χ4n) is 9.34. The fraction of sp³-hybridized carbons (Fsp3) is 0.591. The number of aliphatic hydroxyl groups excluding tert-OH is 2. The van der Waals surface area contributed by atoms with Crippen LogP contribution in [-0.2, 0) is 21.8 Å². The van der Waals surface area contributed by atoms with E-state index in [9.17, 15) is 36.6 Å².